The van der Waals surface area contributed by atoms with E-state index in [9.17, 15) is 40.9 Å². The molecule has 0 bridgehead atoms. The van der Waals surface area contributed by atoms with Gasteiger partial charge >= 0.3 is 0 Å². The highest BCUT2D eigenvalue weighted by molar-refractivity contribution is 5.42. The SMILES string of the molecule is COc1cc(CCC(CC(O)CCc2ccc(O)c(O)c2)OC2OC(CO)C(O)C(O)C2O)ccc1O. The van der Waals surface area contributed by atoms with Crippen LogP contribution in [-0.2, 0) is 22.3 Å². The Hall–Kier alpha value is -2.64. The lowest BCUT2D eigenvalue weighted by atomic mass is 9.97. The Morgan fingerprint density at radius 2 is 1.49 bits per heavy atom. The predicted octanol–water partition coefficient (Wildman–Crippen LogP) is 0.313. The molecule has 7 atom stereocenters. The van der Waals surface area contributed by atoms with Crippen LogP contribution in [0.15, 0.2) is 36.4 Å². The van der Waals surface area contributed by atoms with Gasteiger partial charge in [-0.3, -0.25) is 0 Å². The molecule has 2 aromatic carbocycles. The highest BCUT2D eigenvalue weighted by Gasteiger charge is 2.44. The number of ether oxygens (including phenoxy) is 3. The molecule has 1 aliphatic rings. The molecule has 206 valence electrons. The number of hydrogen-bond acceptors (Lipinski definition) is 11. The van der Waals surface area contributed by atoms with Gasteiger partial charge in [-0.05, 0) is 67.5 Å². The molecule has 0 radical (unpaired) electrons. The molecule has 2 aromatic rings. The lowest BCUT2D eigenvalue weighted by Crippen LogP contribution is -2.59. The lowest BCUT2D eigenvalue weighted by molar-refractivity contribution is -0.313. The van der Waals surface area contributed by atoms with E-state index >= 15 is 0 Å². The Morgan fingerprint density at radius 1 is 0.838 bits per heavy atom. The van der Waals surface area contributed by atoms with Crippen LogP contribution in [0.3, 0.4) is 0 Å². The first kappa shape index (κ1) is 28.9. The summed E-state index contributed by atoms with van der Waals surface area (Å²) >= 11 is 0. The molecule has 11 heteroatoms. The molecule has 7 unspecified atom stereocenters. The number of aliphatic hydroxyl groups excluding tert-OH is 5. The number of aryl methyl sites for hydroxylation is 2. The smallest absolute Gasteiger partial charge is 0.186 e. The van der Waals surface area contributed by atoms with Crippen LogP contribution in [0, 0.1) is 0 Å². The van der Waals surface area contributed by atoms with E-state index in [2.05, 4.69) is 0 Å². The molecular weight excluding hydrogens is 488 g/mol. The number of methoxy groups -OCH3 is 1. The van der Waals surface area contributed by atoms with Gasteiger partial charge in [0.1, 0.15) is 24.4 Å². The summed E-state index contributed by atoms with van der Waals surface area (Å²) in [5.41, 5.74) is 1.54. The molecule has 1 saturated heterocycles. The van der Waals surface area contributed by atoms with Crippen LogP contribution in [0.1, 0.15) is 30.4 Å². The molecular formula is C26H36O11. The maximum Gasteiger partial charge on any atom is 0.186 e. The predicted molar refractivity (Wildman–Crippen MR) is 130 cm³/mol. The second kappa shape index (κ2) is 13.2. The number of aliphatic hydroxyl groups is 5. The van der Waals surface area contributed by atoms with Crippen molar-refractivity contribution >= 4 is 0 Å². The van der Waals surface area contributed by atoms with Gasteiger partial charge in [-0.2, -0.15) is 0 Å². The fourth-order valence-electron chi connectivity index (χ4n) is 4.30. The molecule has 0 aliphatic carbocycles. The van der Waals surface area contributed by atoms with Crippen molar-refractivity contribution in [3.05, 3.63) is 47.5 Å². The van der Waals surface area contributed by atoms with Crippen LogP contribution in [0.25, 0.3) is 0 Å². The van der Waals surface area contributed by atoms with Crippen LogP contribution in [-0.4, -0.2) is 97.5 Å². The van der Waals surface area contributed by atoms with E-state index in [1.165, 1.54) is 25.3 Å². The van der Waals surface area contributed by atoms with Gasteiger partial charge in [0.2, 0.25) is 0 Å². The van der Waals surface area contributed by atoms with Gasteiger partial charge in [0.25, 0.3) is 0 Å². The van der Waals surface area contributed by atoms with Gasteiger partial charge in [-0.1, -0.05) is 12.1 Å². The quantitative estimate of drug-likeness (QED) is 0.178. The normalized spacial score (nSPS) is 25.5. The third-order valence-corrected chi connectivity index (χ3v) is 6.52. The molecule has 11 nitrogen and oxygen atoms in total. The van der Waals surface area contributed by atoms with E-state index in [0.717, 1.165) is 11.1 Å². The molecule has 1 aliphatic heterocycles. The van der Waals surface area contributed by atoms with Crippen molar-refractivity contribution in [1.29, 1.82) is 0 Å². The standard InChI is InChI=1S/C26H36O11/c1-35-21-11-15(5-9-19(21)30)3-7-17(36-26-25(34)24(33)23(32)22(13-27)37-26)12-16(28)6-2-14-4-8-18(29)20(31)10-14/h4-5,8-11,16-17,22-34H,2-3,6-7,12-13H2,1H3. The summed E-state index contributed by atoms with van der Waals surface area (Å²) in [6.07, 6.45) is -7.00. The number of benzene rings is 2. The van der Waals surface area contributed by atoms with Crippen LogP contribution >= 0.6 is 0 Å². The van der Waals surface area contributed by atoms with Crippen LogP contribution in [0.2, 0.25) is 0 Å². The second-order valence-corrected chi connectivity index (χ2v) is 9.25. The van der Waals surface area contributed by atoms with Gasteiger partial charge in [0.05, 0.1) is 25.9 Å². The molecule has 1 heterocycles. The summed E-state index contributed by atoms with van der Waals surface area (Å²) in [6.45, 7) is -0.592. The first-order valence-corrected chi connectivity index (χ1v) is 12.1. The first-order valence-electron chi connectivity index (χ1n) is 12.1. The first-order chi connectivity index (χ1) is 17.6. The minimum atomic E-state index is -1.59. The Bertz CT molecular complexity index is 998. The van der Waals surface area contributed by atoms with Gasteiger partial charge in [0.15, 0.2) is 29.3 Å². The average molecular weight is 525 g/mol. The van der Waals surface area contributed by atoms with Crippen molar-refractivity contribution in [2.24, 2.45) is 0 Å². The van der Waals surface area contributed by atoms with E-state index in [1.54, 1.807) is 18.2 Å². The zero-order valence-electron chi connectivity index (χ0n) is 20.6. The largest absolute Gasteiger partial charge is 0.504 e. The van der Waals surface area contributed by atoms with Crippen LogP contribution in [0.4, 0.5) is 0 Å². The summed E-state index contributed by atoms with van der Waals surface area (Å²) in [6, 6.07) is 9.33. The summed E-state index contributed by atoms with van der Waals surface area (Å²) < 4.78 is 16.6. The summed E-state index contributed by atoms with van der Waals surface area (Å²) in [4.78, 5) is 0. The third kappa shape index (κ3) is 7.68. The number of aromatic hydroxyl groups is 3. The second-order valence-electron chi connectivity index (χ2n) is 9.25. The molecule has 0 spiro atoms. The van der Waals surface area contributed by atoms with Gasteiger partial charge in [-0.25, -0.2) is 0 Å². The third-order valence-electron chi connectivity index (χ3n) is 6.52. The van der Waals surface area contributed by atoms with Crippen molar-refractivity contribution in [2.45, 2.75) is 75.0 Å². The van der Waals surface area contributed by atoms with Crippen molar-refractivity contribution in [3.8, 4) is 23.0 Å². The van der Waals surface area contributed by atoms with Crippen molar-refractivity contribution in [2.75, 3.05) is 13.7 Å². The minimum Gasteiger partial charge on any atom is -0.504 e. The Kier molecular flexibility index (Phi) is 10.4. The highest BCUT2D eigenvalue weighted by Crippen LogP contribution is 2.30. The number of rotatable bonds is 12. The van der Waals surface area contributed by atoms with Crippen molar-refractivity contribution in [3.63, 3.8) is 0 Å². The van der Waals surface area contributed by atoms with Crippen molar-refractivity contribution in [1.82, 2.24) is 0 Å². The van der Waals surface area contributed by atoms with Crippen molar-refractivity contribution < 1.29 is 55.1 Å². The fourth-order valence-corrected chi connectivity index (χ4v) is 4.30. The molecule has 0 amide bonds. The maximum atomic E-state index is 10.7. The maximum absolute atomic E-state index is 10.7. The molecule has 37 heavy (non-hydrogen) atoms. The van der Waals surface area contributed by atoms with E-state index in [0.29, 0.717) is 31.4 Å². The van der Waals surface area contributed by atoms with E-state index in [-0.39, 0.29) is 23.7 Å². The molecule has 0 aromatic heterocycles. The van der Waals surface area contributed by atoms with Crippen LogP contribution < -0.4 is 4.74 Å². The number of hydrogen-bond donors (Lipinski definition) is 8. The monoisotopic (exact) mass is 524 g/mol. The summed E-state index contributed by atoms with van der Waals surface area (Å²) in [7, 11) is 1.44. The zero-order valence-corrected chi connectivity index (χ0v) is 20.6. The van der Waals surface area contributed by atoms with Gasteiger partial charge in [-0.15, -0.1) is 0 Å². The van der Waals surface area contributed by atoms with Crippen LogP contribution in [0.5, 0.6) is 23.0 Å². The average Bonchev–Trinajstić information content (AvgIpc) is 2.88. The number of phenolic OH excluding ortho intramolecular Hbond substituents is 3. The topological polar surface area (TPSA) is 190 Å². The molecule has 3 rings (SSSR count). The van der Waals surface area contributed by atoms with E-state index in [1.807, 2.05) is 0 Å². The highest BCUT2D eigenvalue weighted by atomic mass is 16.7. The summed E-state index contributed by atoms with van der Waals surface area (Å²) in [5, 5.41) is 79.7. The Balaban J connectivity index is 1.68. The van der Waals surface area contributed by atoms with E-state index in [4.69, 9.17) is 14.2 Å². The summed E-state index contributed by atoms with van der Waals surface area (Å²) in [5.74, 6) is -0.180. The molecule has 8 N–H and O–H groups in total. The lowest BCUT2D eigenvalue weighted by Gasteiger charge is -2.41. The molecule has 0 saturated carbocycles. The fraction of sp³-hybridized carbons (Fsp3) is 0.538. The minimum absolute atomic E-state index is 0.00365. The Labute approximate surface area is 214 Å². The van der Waals surface area contributed by atoms with Gasteiger partial charge in [0, 0.05) is 0 Å². The zero-order chi connectivity index (χ0) is 27.1. The van der Waals surface area contributed by atoms with E-state index < -0.39 is 49.5 Å². The Morgan fingerprint density at radius 3 is 2.14 bits per heavy atom. The van der Waals surface area contributed by atoms with Gasteiger partial charge < -0.3 is 55.1 Å². The number of phenols is 3. The molecule has 1 fully saturated rings.